The Hall–Kier alpha value is -2.42. The van der Waals surface area contributed by atoms with E-state index < -0.39 is 5.91 Å². The van der Waals surface area contributed by atoms with Crippen LogP contribution in [0.25, 0.3) is 21.5 Å². The molecule has 9 heteroatoms. The van der Waals surface area contributed by atoms with E-state index in [1.54, 1.807) is 6.07 Å². The molecular weight excluding hydrogens is 362 g/mol. The monoisotopic (exact) mass is 377 g/mol. The summed E-state index contributed by atoms with van der Waals surface area (Å²) in [5.41, 5.74) is 14.0. The predicted molar refractivity (Wildman–Crippen MR) is 101 cm³/mol. The van der Waals surface area contributed by atoms with Crippen molar-refractivity contribution in [2.45, 2.75) is 6.92 Å². The minimum absolute atomic E-state index is 0.0633. The topological polar surface area (TPSA) is 127 Å². The summed E-state index contributed by atoms with van der Waals surface area (Å²) in [6.07, 6.45) is 0. The molecule has 0 aliphatic heterocycles. The maximum Gasteiger partial charge on any atom is 0.260 e. The average Bonchev–Trinajstić information content (AvgIpc) is 2.92. The van der Waals surface area contributed by atoms with Crippen molar-refractivity contribution in [2.24, 2.45) is 5.73 Å². The van der Waals surface area contributed by atoms with Gasteiger partial charge in [-0.2, -0.15) is 0 Å². The normalized spacial score (nSPS) is 11.0. The van der Waals surface area contributed by atoms with Gasteiger partial charge in [0.1, 0.15) is 9.71 Å². The number of rotatable bonds is 5. The van der Waals surface area contributed by atoms with Crippen molar-refractivity contribution in [3.05, 3.63) is 33.7 Å². The fraction of sp³-hybridized carbons (Fsp3) is 0.188. The first-order chi connectivity index (χ1) is 11.9. The van der Waals surface area contributed by atoms with E-state index in [1.165, 1.54) is 0 Å². The predicted octanol–water partition coefficient (Wildman–Crippen LogP) is 2.41. The number of nitrogens with two attached hydrogens (primary N) is 2. The van der Waals surface area contributed by atoms with Crippen molar-refractivity contribution in [1.82, 2.24) is 9.97 Å². The van der Waals surface area contributed by atoms with E-state index in [0.29, 0.717) is 33.4 Å². The molecule has 3 aromatic rings. The molecule has 0 spiro atoms. The van der Waals surface area contributed by atoms with Gasteiger partial charge in [-0.3, -0.25) is 4.79 Å². The van der Waals surface area contributed by atoms with Crippen LogP contribution >= 0.6 is 22.9 Å². The molecule has 0 radical (unpaired) electrons. The van der Waals surface area contributed by atoms with Gasteiger partial charge in [0.2, 0.25) is 5.95 Å². The summed E-state index contributed by atoms with van der Waals surface area (Å²) in [7, 11) is 0. The molecule has 0 fully saturated rings. The number of anilines is 2. The quantitative estimate of drug-likeness (QED) is 0.540. The number of nitrogens with one attached hydrogen (secondary N) is 1. The molecule has 3 rings (SSSR count). The molecule has 1 amide bonds. The molecule has 0 saturated heterocycles. The first-order valence-electron chi connectivity index (χ1n) is 7.43. The standard InChI is InChI=1S/C16H16ClN5O2S/c1-7-2-3-8(6-9(7)17)12-10-11(18)13(14(19)24)25-15(10)22-16(21-12)20-4-5-23/h2-3,6,23H,4-5,18H2,1H3,(H2,19,24)(H,20,21,22). The smallest absolute Gasteiger partial charge is 0.260 e. The molecule has 130 valence electrons. The van der Waals surface area contributed by atoms with Crippen LogP contribution in [0.15, 0.2) is 18.2 Å². The Balaban J connectivity index is 2.29. The van der Waals surface area contributed by atoms with Crippen LogP contribution < -0.4 is 16.8 Å². The van der Waals surface area contributed by atoms with Gasteiger partial charge in [-0.25, -0.2) is 9.97 Å². The number of aromatic nitrogens is 2. The van der Waals surface area contributed by atoms with Crippen LogP contribution in [0.3, 0.4) is 0 Å². The Morgan fingerprint density at radius 2 is 2.16 bits per heavy atom. The Bertz CT molecular complexity index is 973. The van der Waals surface area contributed by atoms with Crippen molar-refractivity contribution in [2.75, 3.05) is 24.2 Å². The third kappa shape index (κ3) is 3.23. The van der Waals surface area contributed by atoms with Gasteiger partial charge in [-0.05, 0) is 18.6 Å². The minimum Gasteiger partial charge on any atom is -0.397 e. The van der Waals surface area contributed by atoms with Crippen molar-refractivity contribution in [1.29, 1.82) is 0 Å². The summed E-state index contributed by atoms with van der Waals surface area (Å²) >= 11 is 7.35. The lowest BCUT2D eigenvalue weighted by molar-refractivity contribution is 0.100. The summed E-state index contributed by atoms with van der Waals surface area (Å²) in [5, 5.41) is 13.1. The zero-order valence-electron chi connectivity index (χ0n) is 13.3. The van der Waals surface area contributed by atoms with Crippen molar-refractivity contribution in [3.63, 3.8) is 0 Å². The lowest BCUT2D eigenvalue weighted by Gasteiger charge is -2.09. The number of nitrogen functional groups attached to an aromatic ring is 1. The molecule has 7 nitrogen and oxygen atoms in total. The SMILES string of the molecule is Cc1ccc(-c2nc(NCCO)nc3sc(C(N)=O)c(N)c23)cc1Cl. The molecule has 6 N–H and O–H groups in total. The number of hydrogen-bond donors (Lipinski definition) is 4. The number of amides is 1. The summed E-state index contributed by atoms with van der Waals surface area (Å²) in [6, 6.07) is 5.54. The van der Waals surface area contributed by atoms with Gasteiger partial charge in [-0.15, -0.1) is 11.3 Å². The second-order valence-corrected chi connectivity index (χ2v) is 6.81. The van der Waals surface area contributed by atoms with Gasteiger partial charge in [0, 0.05) is 17.1 Å². The number of thiophene rings is 1. The number of aliphatic hydroxyl groups excluding tert-OH is 1. The number of benzene rings is 1. The lowest BCUT2D eigenvalue weighted by Crippen LogP contribution is -2.11. The number of hydrogen-bond acceptors (Lipinski definition) is 7. The van der Waals surface area contributed by atoms with Crippen LogP contribution in [0.1, 0.15) is 15.2 Å². The van der Waals surface area contributed by atoms with Gasteiger partial charge in [0.15, 0.2) is 0 Å². The Labute approximate surface area is 152 Å². The highest BCUT2D eigenvalue weighted by Crippen LogP contribution is 2.39. The van der Waals surface area contributed by atoms with Gasteiger partial charge < -0.3 is 21.9 Å². The van der Waals surface area contributed by atoms with E-state index in [-0.39, 0.29) is 17.2 Å². The number of carbonyl (C=O) groups is 1. The molecule has 0 unspecified atom stereocenters. The Morgan fingerprint density at radius 1 is 1.40 bits per heavy atom. The van der Waals surface area contributed by atoms with Gasteiger partial charge in [0.05, 0.1) is 23.4 Å². The van der Waals surface area contributed by atoms with Gasteiger partial charge in [0.25, 0.3) is 5.91 Å². The number of fused-ring (bicyclic) bond motifs is 1. The number of primary amides is 1. The van der Waals surface area contributed by atoms with E-state index >= 15 is 0 Å². The zero-order chi connectivity index (χ0) is 18.1. The third-order valence-electron chi connectivity index (χ3n) is 3.65. The van der Waals surface area contributed by atoms with Crippen LogP contribution in [0.5, 0.6) is 0 Å². The summed E-state index contributed by atoms with van der Waals surface area (Å²) in [6.45, 7) is 2.13. The lowest BCUT2D eigenvalue weighted by atomic mass is 10.1. The molecule has 1 aromatic carbocycles. The largest absolute Gasteiger partial charge is 0.397 e. The second kappa shape index (κ2) is 6.83. The van der Waals surface area contributed by atoms with Crippen LogP contribution in [0.4, 0.5) is 11.6 Å². The molecular formula is C16H16ClN5O2S. The third-order valence-corrected chi connectivity index (χ3v) is 5.17. The van der Waals surface area contributed by atoms with Gasteiger partial charge >= 0.3 is 0 Å². The molecule has 0 saturated carbocycles. The number of halogens is 1. The summed E-state index contributed by atoms with van der Waals surface area (Å²) in [5.74, 6) is -0.288. The van der Waals surface area contributed by atoms with E-state index in [2.05, 4.69) is 15.3 Å². The molecule has 2 aromatic heterocycles. The zero-order valence-corrected chi connectivity index (χ0v) is 14.9. The highest BCUT2D eigenvalue weighted by molar-refractivity contribution is 7.21. The highest BCUT2D eigenvalue weighted by atomic mass is 35.5. The maximum absolute atomic E-state index is 11.6. The Morgan fingerprint density at radius 3 is 2.80 bits per heavy atom. The van der Waals surface area contributed by atoms with E-state index in [0.717, 1.165) is 22.5 Å². The fourth-order valence-electron chi connectivity index (χ4n) is 2.40. The first-order valence-corrected chi connectivity index (χ1v) is 8.63. The van der Waals surface area contributed by atoms with Crippen molar-refractivity contribution < 1.29 is 9.90 Å². The van der Waals surface area contributed by atoms with Crippen LogP contribution in [-0.2, 0) is 0 Å². The van der Waals surface area contributed by atoms with E-state index in [1.807, 2.05) is 19.1 Å². The highest BCUT2D eigenvalue weighted by Gasteiger charge is 2.21. The molecule has 25 heavy (non-hydrogen) atoms. The Kier molecular flexibility index (Phi) is 4.76. The van der Waals surface area contributed by atoms with Crippen molar-refractivity contribution in [3.8, 4) is 11.3 Å². The average molecular weight is 378 g/mol. The minimum atomic E-state index is -0.613. The molecule has 0 aliphatic carbocycles. The first kappa shape index (κ1) is 17.4. The maximum atomic E-state index is 11.6. The molecule has 0 atom stereocenters. The number of aryl methyl sites for hydroxylation is 1. The fourth-order valence-corrected chi connectivity index (χ4v) is 3.53. The van der Waals surface area contributed by atoms with Crippen LogP contribution in [0, 0.1) is 6.92 Å². The molecule has 0 bridgehead atoms. The number of nitrogens with zero attached hydrogens (tertiary/aromatic N) is 2. The van der Waals surface area contributed by atoms with E-state index in [9.17, 15) is 4.79 Å². The number of aliphatic hydroxyl groups is 1. The molecule has 0 aliphatic rings. The van der Waals surface area contributed by atoms with Gasteiger partial charge in [-0.1, -0.05) is 23.7 Å². The summed E-state index contributed by atoms with van der Waals surface area (Å²) < 4.78 is 0. The van der Waals surface area contributed by atoms with E-state index in [4.69, 9.17) is 28.2 Å². The number of carbonyl (C=O) groups excluding carboxylic acids is 1. The van der Waals surface area contributed by atoms with Crippen LogP contribution in [0.2, 0.25) is 5.02 Å². The van der Waals surface area contributed by atoms with Crippen LogP contribution in [-0.4, -0.2) is 34.1 Å². The second-order valence-electron chi connectivity index (χ2n) is 5.40. The van der Waals surface area contributed by atoms with Crippen molar-refractivity contribution >= 4 is 50.7 Å². The summed E-state index contributed by atoms with van der Waals surface area (Å²) in [4.78, 5) is 21.3. The molecule has 2 heterocycles.